The van der Waals surface area contributed by atoms with Crippen molar-refractivity contribution in [1.29, 1.82) is 0 Å². The Labute approximate surface area is 412 Å². The van der Waals surface area contributed by atoms with Crippen LogP contribution in [-0.2, 0) is 37.0 Å². The van der Waals surface area contributed by atoms with Crippen molar-refractivity contribution in [2.75, 3.05) is 28.4 Å². The molecule has 0 spiro atoms. The number of hydrogen-bond acceptors (Lipinski definition) is 12. The number of benzene rings is 6. The van der Waals surface area contributed by atoms with Crippen molar-refractivity contribution in [1.82, 2.24) is 19.6 Å². The first-order chi connectivity index (χ1) is 34.1. The quantitative estimate of drug-likeness (QED) is 0.155. The molecule has 0 saturated carbocycles. The molecule has 18 aliphatic rings. The summed E-state index contributed by atoms with van der Waals surface area (Å²) in [5.74, 6) is -5.79. The van der Waals surface area contributed by atoms with Gasteiger partial charge < -0.3 is 18.9 Å². The van der Waals surface area contributed by atoms with Gasteiger partial charge in [0.25, 0.3) is 47.3 Å². The summed E-state index contributed by atoms with van der Waals surface area (Å²) in [7, 11) is 5.39. The van der Waals surface area contributed by atoms with Gasteiger partial charge in [-0.1, -0.05) is 77.9 Å². The predicted molar refractivity (Wildman–Crippen MR) is 261 cm³/mol. The highest BCUT2D eigenvalue weighted by molar-refractivity contribution is 6.36. The van der Waals surface area contributed by atoms with Gasteiger partial charge in [0.1, 0.15) is 23.0 Å². The second-order valence-corrected chi connectivity index (χ2v) is 20.9. The first kappa shape index (κ1) is 46.0. The van der Waals surface area contributed by atoms with Crippen molar-refractivity contribution < 1.29 is 57.3 Å². The van der Waals surface area contributed by atoms with E-state index in [0.29, 0.717) is 22.3 Å². The number of hydrogen-bond donors (Lipinski definition) is 0. The van der Waals surface area contributed by atoms with Crippen LogP contribution in [-0.4, -0.2) is 95.3 Å². The summed E-state index contributed by atoms with van der Waals surface area (Å²) in [6.45, 7) is 10.8. The third-order valence-corrected chi connectivity index (χ3v) is 14.5. The van der Waals surface area contributed by atoms with Gasteiger partial charge in [-0.05, 0) is 68.5 Å². The van der Waals surface area contributed by atoms with Crippen LogP contribution in [0.15, 0.2) is 60.7 Å². The van der Waals surface area contributed by atoms with Gasteiger partial charge in [0.15, 0.2) is 0 Å². The maximum Gasteiger partial charge on any atom is 0.265 e. The summed E-state index contributed by atoms with van der Waals surface area (Å²) in [4.78, 5) is 124. The standard InChI is InChI=1S/C56H48N4O12/c1-55(2,3)29-13-25-11-26(14-29)22-58-48(62)32-18-38(72-10)46-42-34(20-36(70-8)44(40(32)42)52(58)66)50(64)60(54(46)68)24-28-12-27(15-30(16-28)56(4,5)6)23-59-49(63)33-19-35(69-7)43-39-31(47(61)57(21-25)51(43)65)17-37(71-9)45(41(33)39)53(59)67/h11-20H,21-24H2,1-10H3. The lowest BCUT2D eigenvalue weighted by Crippen LogP contribution is -2.43. The molecule has 18 aliphatic heterocycles. The van der Waals surface area contributed by atoms with Crippen molar-refractivity contribution in [3.05, 3.63) is 139 Å². The molecule has 6 aromatic rings. The number of methoxy groups -OCH3 is 4. The van der Waals surface area contributed by atoms with E-state index in [2.05, 4.69) is 0 Å². The van der Waals surface area contributed by atoms with Crippen LogP contribution in [0.25, 0.3) is 21.5 Å². The third-order valence-electron chi connectivity index (χ3n) is 14.5. The van der Waals surface area contributed by atoms with Crippen LogP contribution in [0.1, 0.15) is 158 Å². The Kier molecular flexibility index (Phi) is 9.94. The van der Waals surface area contributed by atoms with E-state index in [1.54, 1.807) is 12.1 Å². The van der Waals surface area contributed by atoms with Crippen molar-refractivity contribution in [2.24, 2.45) is 0 Å². The third kappa shape index (κ3) is 6.43. The average Bonchev–Trinajstić information content (AvgIpc) is 3.34. The molecule has 20 bridgehead atoms. The van der Waals surface area contributed by atoms with Gasteiger partial charge in [-0.15, -0.1) is 0 Å². The molecule has 0 radical (unpaired) electrons. The van der Waals surface area contributed by atoms with Gasteiger partial charge in [-0.25, -0.2) is 0 Å². The topological polar surface area (TPSA) is 186 Å². The van der Waals surface area contributed by atoms with Crippen molar-refractivity contribution in [2.45, 2.75) is 78.6 Å². The lowest BCUT2D eigenvalue weighted by Gasteiger charge is -2.35. The molecule has 72 heavy (non-hydrogen) atoms. The Morgan fingerprint density at radius 1 is 0.319 bits per heavy atom. The Morgan fingerprint density at radius 2 is 0.528 bits per heavy atom. The van der Waals surface area contributed by atoms with Gasteiger partial charge >= 0.3 is 0 Å². The van der Waals surface area contributed by atoms with Crippen molar-refractivity contribution in [3.8, 4) is 23.0 Å². The molecule has 18 heterocycles. The molecule has 6 aromatic carbocycles. The second kappa shape index (κ2) is 15.5. The molecular formula is C56H48N4O12. The Balaban J connectivity index is 1.18. The number of carbonyl (C=O) groups excluding carboxylic acids is 8. The number of ether oxygens (including phenoxy) is 4. The highest BCUT2D eigenvalue weighted by Crippen LogP contribution is 2.49. The second-order valence-electron chi connectivity index (χ2n) is 20.9. The molecule has 16 nitrogen and oxygen atoms in total. The lowest BCUT2D eigenvalue weighted by molar-refractivity contribution is 0.0570. The van der Waals surface area contributed by atoms with Crippen LogP contribution >= 0.6 is 0 Å². The van der Waals surface area contributed by atoms with Crippen molar-refractivity contribution in [3.63, 3.8) is 0 Å². The average molecular weight is 969 g/mol. The molecule has 364 valence electrons. The summed E-state index contributed by atoms with van der Waals surface area (Å²) in [5.41, 5.74) is 2.36. The van der Waals surface area contributed by atoms with Crippen LogP contribution in [0.2, 0.25) is 0 Å². The van der Waals surface area contributed by atoms with Gasteiger partial charge in [0.2, 0.25) is 0 Å². The SMILES string of the molecule is COc1cc2c3c4c(OC)cc5c3c1C(=O)N(Cc1cc(cc(C(C)(C)C)c1)CN1C(=O)c3cc(OC)c6c7c(cc(OC)c(c37)C1=O)C(=O)N(Cc1cc(cc(C(C)(C)C)c1)CN(C2=O)C4=O)C6=O)C5=O. The number of nitrogens with zero attached hydrogens (tertiary/aromatic N) is 4. The Hall–Kier alpha value is -8.40. The molecule has 0 atom stereocenters. The van der Waals surface area contributed by atoms with E-state index in [0.717, 1.165) is 30.7 Å². The number of rotatable bonds is 4. The van der Waals surface area contributed by atoms with E-state index < -0.39 is 58.1 Å². The van der Waals surface area contributed by atoms with Crippen LogP contribution in [0.5, 0.6) is 23.0 Å². The zero-order chi connectivity index (χ0) is 51.4. The van der Waals surface area contributed by atoms with Crippen LogP contribution in [0.3, 0.4) is 0 Å². The van der Waals surface area contributed by atoms with Crippen molar-refractivity contribution >= 4 is 68.8 Å². The number of amides is 8. The summed E-state index contributed by atoms with van der Waals surface area (Å²) in [6, 6.07) is 16.4. The molecule has 0 fully saturated rings. The van der Waals surface area contributed by atoms with Crippen LogP contribution < -0.4 is 18.9 Å². The van der Waals surface area contributed by atoms with Gasteiger partial charge in [0.05, 0.1) is 99.1 Å². The van der Waals surface area contributed by atoms with E-state index in [-0.39, 0.29) is 115 Å². The number of imide groups is 4. The fourth-order valence-corrected chi connectivity index (χ4v) is 10.9. The largest absolute Gasteiger partial charge is 0.496 e. The first-order valence-electron chi connectivity index (χ1n) is 23.3. The van der Waals surface area contributed by atoms with Crippen LogP contribution in [0.4, 0.5) is 0 Å². The fourth-order valence-electron chi connectivity index (χ4n) is 10.9. The summed E-state index contributed by atoms with van der Waals surface area (Å²) in [6.07, 6.45) is 0. The molecule has 0 saturated heterocycles. The highest BCUT2D eigenvalue weighted by atomic mass is 16.5. The molecule has 8 amide bonds. The molecule has 24 rings (SSSR count). The summed E-state index contributed by atoms with van der Waals surface area (Å²) >= 11 is 0. The maximum atomic E-state index is 15.0. The normalized spacial score (nSPS) is 16.4. The minimum absolute atomic E-state index is 0.00154. The van der Waals surface area contributed by atoms with Crippen LogP contribution in [0, 0.1) is 0 Å². The molecule has 16 heteroatoms. The summed E-state index contributed by atoms with van der Waals surface area (Å²) < 4.78 is 23.4. The molecule has 0 aliphatic carbocycles. The fraction of sp³-hybridized carbons (Fsp3) is 0.286. The Bertz CT molecular complexity index is 3180. The zero-order valence-corrected chi connectivity index (χ0v) is 41.3. The lowest BCUT2D eigenvalue weighted by atomic mass is 9.83. The van der Waals surface area contributed by atoms with E-state index in [9.17, 15) is 38.4 Å². The predicted octanol–water partition coefficient (Wildman–Crippen LogP) is 8.12. The number of carbonyl (C=O) groups is 8. The van der Waals surface area contributed by atoms with E-state index >= 15 is 0 Å². The smallest absolute Gasteiger partial charge is 0.265 e. The monoisotopic (exact) mass is 968 g/mol. The van der Waals surface area contributed by atoms with E-state index in [1.165, 1.54) is 52.7 Å². The summed E-state index contributed by atoms with van der Waals surface area (Å²) in [5, 5.41) is 0.313. The minimum Gasteiger partial charge on any atom is -0.496 e. The zero-order valence-electron chi connectivity index (χ0n) is 41.3. The van der Waals surface area contributed by atoms with Gasteiger partial charge in [0, 0.05) is 21.5 Å². The molecule has 0 unspecified atom stereocenters. The van der Waals surface area contributed by atoms with E-state index in [4.69, 9.17) is 18.9 Å². The molecule has 0 aromatic heterocycles. The molecular weight excluding hydrogens is 921 g/mol. The van der Waals surface area contributed by atoms with Gasteiger partial charge in [-0.2, -0.15) is 0 Å². The highest BCUT2D eigenvalue weighted by Gasteiger charge is 2.46. The first-order valence-corrected chi connectivity index (χ1v) is 23.3. The maximum absolute atomic E-state index is 15.0. The minimum atomic E-state index is -0.733. The van der Waals surface area contributed by atoms with E-state index in [1.807, 2.05) is 65.8 Å². The molecule has 0 N–H and O–H groups in total. The Morgan fingerprint density at radius 3 is 0.708 bits per heavy atom. The van der Waals surface area contributed by atoms with Gasteiger partial charge in [-0.3, -0.25) is 58.0 Å².